The van der Waals surface area contributed by atoms with Crippen molar-refractivity contribution < 1.29 is 23.1 Å². The number of carbonyl (C=O) groups excluding carboxylic acids is 1. The molecule has 0 spiro atoms. The van der Waals surface area contributed by atoms with Gasteiger partial charge >= 0.3 is 0 Å². The lowest BCUT2D eigenvalue weighted by Crippen LogP contribution is -2.32. The Hall–Kier alpha value is -3.33. The number of hydrogen-bond acceptors (Lipinski definition) is 6. The number of aryl methyl sites for hydroxylation is 1. The molecular formula is C25H25F3N4O2. The van der Waals surface area contributed by atoms with Crippen LogP contribution in [0.4, 0.5) is 19.0 Å². The summed E-state index contributed by atoms with van der Waals surface area (Å²) in [7, 11) is 0. The molecule has 9 heteroatoms. The van der Waals surface area contributed by atoms with Gasteiger partial charge in [-0.1, -0.05) is 23.8 Å². The van der Waals surface area contributed by atoms with Crippen LogP contribution in [0.3, 0.4) is 0 Å². The van der Waals surface area contributed by atoms with Crippen LogP contribution in [0.15, 0.2) is 36.7 Å². The Balaban J connectivity index is 1.75. The van der Waals surface area contributed by atoms with Gasteiger partial charge in [-0.15, -0.1) is 0 Å². The van der Waals surface area contributed by atoms with E-state index in [0.29, 0.717) is 11.1 Å². The number of aliphatic hydroxyl groups is 1. The molecule has 1 atom stereocenters. The smallest absolute Gasteiger partial charge is 0.242 e. The number of benzene rings is 1. The molecule has 6 nitrogen and oxygen atoms in total. The largest absolute Gasteiger partial charge is 0.382 e. The van der Waals surface area contributed by atoms with Gasteiger partial charge in [-0.2, -0.15) is 0 Å². The van der Waals surface area contributed by atoms with Gasteiger partial charge in [0.15, 0.2) is 11.6 Å². The fraction of sp³-hybridized carbons (Fsp3) is 0.360. The molecule has 2 aromatic heterocycles. The van der Waals surface area contributed by atoms with Crippen molar-refractivity contribution in [1.82, 2.24) is 15.0 Å². The second kappa shape index (κ2) is 8.79. The van der Waals surface area contributed by atoms with E-state index in [4.69, 9.17) is 0 Å². The van der Waals surface area contributed by atoms with Crippen molar-refractivity contribution in [3.05, 3.63) is 70.6 Å². The highest BCUT2D eigenvalue weighted by molar-refractivity contribution is 6.10. The van der Waals surface area contributed by atoms with Gasteiger partial charge in [0.05, 0.1) is 11.6 Å². The number of nitrogens with zero attached hydrogens (tertiary/aromatic N) is 4. The van der Waals surface area contributed by atoms with Crippen LogP contribution < -0.4 is 4.90 Å². The van der Waals surface area contributed by atoms with Gasteiger partial charge in [-0.3, -0.25) is 4.79 Å². The molecule has 1 aliphatic heterocycles. The Morgan fingerprint density at radius 3 is 2.44 bits per heavy atom. The van der Waals surface area contributed by atoms with Crippen LogP contribution in [0.2, 0.25) is 0 Å². The Morgan fingerprint density at radius 1 is 1.15 bits per heavy atom. The summed E-state index contributed by atoms with van der Waals surface area (Å²) in [6.07, 6.45) is -0.170. The van der Waals surface area contributed by atoms with Gasteiger partial charge in [-0.05, 0) is 44.9 Å². The van der Waals surface area contributed by atoms with Crippen molar-refractivity contribution in [3.8, 4) is 11.3 Å². The van der Waals surface area contributed by atoms with Crippen molar-refractivity contribution in [3.63, 3.8) is 0 Å². The third kappa shape index (κ3) is 4.52. The van der Waals surface area contributed by atoms with Gasteiger partial charge in [0.2, 0.25) is 6.43 Å². The zero-order valence-corrected chi connectivity index (χ0v) is 19.3. The Morgan fingerprint density at radius 2 is 1.82 bits per heavy atom. The first kappa shape index (κ1) is 23.8. The highest BCUT2D eigenvalue weighted by atomic mass is 19.3. The number of Topliss-reactive ketones (excluding diaryl/α,β-unsaturated/α-hetero) is 1. The molecule has 34 heavy (non-hydrogen) atoms. The summed E-state index contributed by atoms with van der Waals surface area (Å²) in [4.78, 5) is 27.2. The molecule has 4 rings (SSSR count). The fourth-order valence-electron chi connectivity index (χ4n) is 4.06. The standard InChI is InChI=1S/C25H25F3N4O2/c1-13-5-6-15(8-20(27)28)16(7-13)12-32-14(2)22(33)18-9-19(26)21(31-23(18)32)17-10-29-24(30-11-17)25(3,4)34/h5-7,9-11,14,20,34H,8,12H2,1-4H3. The summed E-state index contributed by atoms with van der Waals surface area (Å²) in [5, 5.41) is 10.1. The summed E-state index contributed by atoms with van der Waals surface area (Å²) in [5.74, 6) is -0.529. The number of pyridine rings is 1. The van der Waals surface area contributed by atoms with E-state index in [9.17, 15) is 23.1 Å². The SMILES string of the molecule is Cc1ccc(CC(F)F)c(CN2c3nc(-c4cnc(C(C)(C)O)nc4)c(F)cc3C(=O)C2C)c1. The summed E-state index contributed by atoms with van der Waals surface area (Å²) in [6.45, 7) is 6.80. The molecule has 178 valence electrons. The monoisotopic (exact) mass is 470 g/mol. The number of ketones is 1. The molecule has 1 aliphatic rings. The molecule has 3 heterocycles. The van der Waals surface area contributed by atoms with Crippen molar-refractivity contribution in [2.75, 3.05) is 4.90 Å². The molecule has 0 saturated carbocycles. The van der Waals surface area contributed by atoms with Crippen LogP contribution in [0, 0.1) is 12.7 Å². The Kier molecular flexibility index (Phi) is 6.16. The lowest BCUT2D eigenvalue weighted by molar-refractivity contribution is 0.0687. The number of anilines is 1. The lowest BCUT2D eigenvalue weighted by atomic mass is 10.0. The quantitative estimate of drug-likeness (QED) is 0.567. The van der Waals surface area contributed by atoms with E-state index in [1.807, 2.05) is 13.0 Å². The molecule has 1 aromatic carbocycles. The van der Waals surface area contributed by atoms with E-state index in [1.165, 1.54) is 26.2 Å². The number of halogens is 3. The minimum atomic E-state index is -2.50. The number of rotatable bonds is 6. The van der Waals surface area contributed by atoms with Crippen LogP contribution in [-0.4, -0.2) is 38.3 Å². The molecule has 0 amide bonds. The molecule has 0 saturated heterocycles. The van der Waals surface area contributed by atoms with Crippen molar-refractivity contribution >= 4 is 11.6 Å². The summed E-state index contributed by atoms with van der Waals surface area (Å²) in [5.41, 5.74) is 1.20. The van der Waals surface area contributed by atoms with Crippen molar-refractivity contribution in [2.24, 2.45) is 0 Å². The summed E-state index contributed by atoms with van der Waals surface area (Å²) in [6, 6.07) is 5.78. The minimum Gasteiger partial charge on any atom is -0.382 e. The molecule has 3 aromatic rings. The number of aromatic nitrogens is 3. The zero-order valence-electron chi connectivity index (χ0n) is 19.3. The van der Waals surface area contributed by atoms with E-state index in [2.05, 4.69) is 15.0 Å². The van der Waals surface area contributed by atoms with Gasteiger partial charge < -0.3 is 10.0 Å². The van der Waals surface area contributed by atoms with E-state index in [1.54, 1.807) is 24.0 Å². The fourth-order valence-corrected chi connectivity index (χ4v) is 4.06. The van der Waals surface area contributed by atoms with Gasteiger partial charge in [0.25, 0.3) is 0 Å². The molecular weight excluding hydrogens is 445 g/mol. The predicted molar refractivity (Wildman–Crippen MR) is 121 cm³/mol. The average molecular weight is 470 g/mol. The second-order valence-electron chi connectivity index (χ2n) is 9.08. The molecule has 0 aliphatic carbocycles. The van der Waals surface area contributed by atoms with Gasteiger partial charge in [-0.25, -0.2) is 28.1 Å². The molecule has 1 N–H and O–H groups in total. The first-order valence-electron chi connectivity index (χ1n) is 10.9. The summed E-state index contributed by atoms with van der Waals surface area (Å²) < 4.78 is 41.2. The van der Waals surface area contributed by atoms with Crippen LogP contribution in [0.5, 0.6) is 0 Å². The van der Waals surface area contributed by atoms with Crippen molar-refractivity contribution in [2.45, 2.75) is 58.7 Å². The maximum absolute atomic E-state index is 15.0. The maximum Gasteiger partial charge on any atom is 0.242 e. The zero-order chi connectivity index (χ0) is 24.8. The Labute approximate surface area is 195 Å². The topological polar surface area (TPSA) is 79.2 Å². The van der Waals surface area contributed by atoms with Crippen LogP contribution in [0.1, 0.15) is 53.6 Å². The predicted octanol–water partition coefficient (Wildman–Crippen LogP) is 4.61. The Bertz CT molecular complexity index is 1240. The van der Waals surface area contributed by atoms with E-state index in [0.717, 1.165) is 11.6 Å². The average Bonchev–Trinajstić information content (AvgIpc) is 2.98. The molecule has 0 radical (unpaired) electrons. The van der Waals surface area contributed by atoms with Crippen LogP contribution in [-0.2, 0) is 18.6 Å². The normalized spacial score (nSPS) is 15.9. The first-order chi connectivity index (χ1) is 16.0. The van der Waals surface area contributed by atoms with E-state index in [-0.39, 0.29) is 40.8 Å². The number of fused-ring (bicyclic) bond motifs is 1. The maximum atomic E-state index is 15.0. The molecule has 1 unspecified atom stereocenters. The number of hydrogen-bond donors (Lipinski definition) is 1. The van der Waals surface area contributed by atoms with E-state index >= 15 is 0 Å². The summed E-state index contributed by atoms with van der Waals surface area (Å²) >= 11 is 0. The molecule has 0 bridgehead atoms. The highest BCUT2D eigenvalue weighted by Gasteiger charge is 2.37. The minimum absolute atomic E-state index is 0.0370. The van der Waals surface area contributed by atoms with Crippen LogP contribution >= 0.6 is 0 Å². The molecule has 0 fully saturated rings. The van der Waals surface area contributed by atoms with Crippen molar-refractivity contribution in [1.29, 1.82) is 0 Å². The lowest BCUT2D eigenvalue weighted by Gasteiger charge is -2.25. The first-order valence-corrected chi connectivity index (χ1v) is 10.9. The third-order valence-corrected chi connectivity index (χ3v) is 5.89. The van der Waals surface area contributed by atoms with Gasteiger partial charge in [0.1, 0.15) is 22.9 Å². The highest BCUT2D eigenvalue weighted by Crippen LogP contribution is 2.36. The third-order valence-electron chi connectivity index (χ3n) is 5.89. The van der Waals surface area contributed by atoms with E-state index < -0.39 is 30.3 Å². The number of alkyl halides is 2. The number of carbonyl (C=O) groups is 1. The van der Waals surface area contributed by atoms with Gasteiger partial charge in [0, 0.05) is 30.9 Å². The second-order valence-corrected chi connectivity index (χ2v) is 9.08. The van der Waals surface area contributed by atoms with Crippen LogP contribution in [0.25, 0.3) is 11.3 Å².